The second-order valence-electron chi connectivity index (χ2n) is 5.22. The number of imidazole rings is 1. The quantitative estimate of drug-likeness (QED) is 0.647. The molecule has 3 rings (SSSR count). The Labute approximate surface area is 132 Å². The summed E-state index contributed by atoms with van der Waals surface area (Å²) in [5.74, 6) is -0.145. The Balaban J connectivity index is 2.10. The number of aryl methyl sites for hydroxylation is 2. The van der Waals surface area contributed by atoms with E-state index < -0.39 is 0 Å². The van der Waals surface area contributed by atoms with Crippen molar-refractivity contribution in [2.45, 2.75) is 20.4 Å². The molecule has 2 aromatic carbocycles. The Kier molecular flexibility index (Phi) is 3.59. The Hall–Kier alpha value is -1.65. The normalized spacial score (nSPS) is 11.2. The van der Waals surface area contributed by atoms with E-state index >= 15 is 0 Å². The number of aromatic nitrogens is 2. The second-order valence-corrected chi connectivity index (χ2v) is 6.04. The molecule has 0 saturated heterocycles. The van der Waals surface area contributed by atoms with Gasteiger partial charge in [0, 0.05) is 5.02 Å². The van der Waals surface area contributed by atoms with E-state index in [0.717, 1.165) is 16.6 Å². The van der Waals surface area contributed by atoms with Crippen LogP contribution in [-0.2, 0) is 6.54 Å². The maximum atomic E-state index is 13.7. The van der Waals surface area contributed by atoms with Crippen LogP contribution in [0.25, 0.3) is 11.0 Å². The van der Waals surface area contributed by atoms with E-state index in [0.29, 0.717) is 27.5 Å². The standard InChI is InChI=1S/C16H14ClFN2S/c1-9-5-11(6-10(2)15(9)18)8-20-14-4-3-12(17)7-13(14)19-16(20)21/h3-7H,8H2,1-2H3,(H,19,21). The monoisotopic (exact) mass is 320 g/mol. The van der Waals surface area contributed by atoms with E-state index in [2.05, 4.69) is 4.98 Å². The summed E-state index contributed by atoms with van der Waals surface area (Å²) in [4.78, 5) is 3.15. The number of hydrogen-bond acceptors (Lipinski definition) is 1. The predicted octanol–water partition coefficient (Wildman–Crippen LogP) is 5.16. The van der Waals surface area contributed by atoms with Gasteiger partial charge in [-0.05, 0) is 61.0 Å². The average molecular weight is 321 g/mol. The minimum atomic E-state index is -0.145. The molecular formula is C16H14ClFN2S. The highest BCUT2D eigenvalue weighted by atomic mass is 35.5. The van der Waals surface area contributed by atoms with Crippen molar-refractivity contribution in [3.63, 3.8) is 0 Å². The van der Waals surface area contributed by atoms with Gasteiger partial charge in [0.2, 0.25) is 0 Å². The van der Waals surface area contributed by atoms with Gasteiger partial charge in [-0.15, -0.1) is 0 Å². The number of rotatable bonds is 2. The van der Waals surface area contributed by atoms with Crippen LogP contribution in [0.15, 0.2) is 30.3 Å². The van der Waals surface area contributed by atoms with Gasteiger partial charge in [0.1, 0.15) is 5.82 Å². The smallest absolute Gasteiger partial charge is 0.178 e. The fourth-order valence-electron chi connectivity index (χ4n) is 2.60. The lowest BCUT2D eigenvalue weighted by Gasteiger charge is -2.09. The number of hydrogen-bond donors (Lipinski definition) is 1. The molecule has 1 aromatic heterocycles. The molecule has 3 aromatic rings. The van der Waals surface area contributed by atoms with E-state index in [1.807, 2.05) is 34.9 Å². The Morgan fingerprint density at radius 1 is 1.19 bits per heavy atom. The van der Waals surface area contributed by atoms with Crippen LogP contribution in [0.3, 0.4) is 0 Å². The lowest BCUT2D eigenvalue weighted by atomic mass is 10.1. The first kappa shape index (κ1) is 14.3. The second kappa shape index (κ2) is 5.28. The van der Waals surface area contributed by atoms with Crippen LogP contribution in [0.2, 0.25) is 5.02 Å². The fraction of sp³-hybridized carbons (Fsp3) is 0.188. The summed E-state index contributed by atoms with van der Waals surface area (Å²) in [7, 11) is 0. The van der Waals surface area contributed by atoms with E-state index in [9.17, 15) is 4.39 Å². The minimum absolute atomic E-state index is 0.145. The number of nitrogens with one attached hydrogen (secondary N) is 1. The Bertz CT molecular complexity index is 872. The zero-order valence-electron chi connectivity index (χ0n) is 11.7. The van der Waals surface area contributed by atoms with Crippen LogP contribution in [0.4, 0.5) is 4.39 Å². The number of halogens is 2. The molecule has 0 saturated carbocycles. The summed E-state index contributed by atoms with van der Waals surface area (Å²) in [6.45, 7) is 4.16. The number of fused-ring (bicyclic) bond motifs is 1. The van der Waals surface area contributed by atoms with Crippen LogP contribution >= 0.6 is 23.8 Å². The molecule has 1 heterocycles. The summed E-state index contributed by atoms with van der Waals surface area (Å²) in [5.41, 5.74) is 4.23. The van der Waals surface area contributed by atoms with Crippen LogP contribution in [0.1, 0.15) is 16.7 Å². The highest BCUT2D eigenvalue weighted by Crippen LogP contribution is 2.21. The molecule has 0 amide bonds. The summed E-state index contributed by atoms with van der Waals surface area (Å²) in [6.07, 6.45) is 0. The summed E-state index contributed by atoms with van der Waals surface area (Å²) >= 11 is 11.4. The van der Waals surface area contributed by atoms with Crippen molar-refractivity contribution in [1.82, 2.24) is 9.55 Å². The summed E-state index contributed by atoms with van der Waals surface area (Å²) < 4.78 is 16.3. The number of H-pyrrole nitrogens is 1. The van der Waals surface area contributed by atoms with Gasteiger partial charge in [0.15, 0.2) is 4.77 Å². The van der Waals surface area contributed by atoms with Crippen LogP contribution < -0.4 is 0 Å². The van der Waals surface area contributed by atoms with Crippen molar-refractivity contribution in [3.8, 4) is 0 Å². The predicted molar refractivity (Wildman–Crippen MR) is 87.1 cm³/mol. The molecule has 21 heavy (non-hydrogen) atoms. The maximum absolute atomic E-state index is 13.7. The van der Waals surface area contributed by atoms with Gasteiger partial charge < -0.3 is 9.55 Å². The molecule has 0 atom stereocenters. The lowest BCUT2D eigenvalue weighted by Crippen LogP contribution is -2.02. The van der Waals surface area contributed by atoms with Crippen molar-refractivity contribution in [2.24, 2.45) is 0 Å². The van der Waals surface area contributed by atoms with E-state index in [-0.39, 0.29) is 5.82 Å². The molecule has 0 aliphatic heterocycles. The first-order valence-electron chi connectivity index (χ1n) is 6.59. The third-order valence-corrected chi connectivity index (χ3v) is 4.13. The molecule has 0 aliphatic rings. The van der Waals surface area contributed by atoms with Gasteiger partial charge in [0.05, 0.1) is 17.6 Å². The molecule has 108 valence electrons. The molecule has 5 heteroatoms. The van der Waals surface area contributed by atoms with E-state index in [1.165, 1.54) is 0 Å². The van der Waals surface area contributed by atoms with Crippen LogP contribution in [0.5, 0.6) is 0 Å². The first-order valence-corrected chi connectivity index (χ1v) is 7.38. The van der Waals surface area contributed by atoms with Crippen molar-refractivity contribution in [2.75, 3.05) is 0 Å². The zero-order valence-corrected chi connectivity index (χ0v) is 13.3. The Morgan fingerprint density at radius 2 is 1.86 bits per heavy atom. The number of nitrogens with zero attached hydrogens (tertiary/aromatic N) is 1. The van der Waals surface area contributed by atoms with Gasteiger partial charge in [-0.3, -0.25) is 0 Å². The molecule has 0 bridgehead atoms. The molecule has 0 fully saturated rings. The minimum Gasteiger partial charge on any atom is -0.331 e. The SMILES string of the molecule is Cc1cc(Cn2c(=S)[nH]c3cc(Cl)ccc32)cc(C)c1F. The van der Waals surface area contributed by atoms with Gasteiger partial charge in [0.25, 0.3) is 0 Å². The molecule has 0 aliphatic carbocycles. The largest absolute Gasteiger partial charge is 0.331 e. The molecule has 0 radical (unpaired) electrons. The third-order valence-electron chi connectivity index (χ3n) is 3.57. The van der Waals surface area contributed by atoms with Crippen molar-refractivity contribution < 1.29 is 4.39 Å². The lowest BCUT2D eigenvalue weighted by molar-refractivity contribution is 0.607. The van der Waals surface area contributed by atoms with E-state index in [1.54, 1.807) is 13.8 Å². The highest BCUT2D eigenvalue weighted by molar-refractivity contribution is 7.71. The van der Waals surface area contributed by atoms with Crippen LogP contribution in [-0.4, -0.2) is 9.55 Å². The van der Waals surface area contributed by atoms with Gasteiger partial charge in [-0.1, -0.05) is 23.7 Å². The zero-order chi connectivity index (χ0) is 15.1. The van der Waals surface area contributed by atoms with Gasteiger partial charge in [-0.25, -0.2) is 4.39 Å². The van der Waals surface area contributed by atoms with Crippen molar-refractivity contribution >= 4 is 34.9 Å². The fourth-order valence-corrected chi connectivity index (χ4v) is 3.05. The molecule has 0 unspecified atom stereocenters. The van der Waals surface area contributed by atoms with E-state index in [4.69, 9.17) is 23.8 Å². The van der Waals surface area contributed by atoms with Crippen molar-refractivity contribution in [3.05, 3.63) is 62.6 Å². The maximum Gasteiger partial charge on any atom is 0.178 e. The van der Waals surface area contributed by atoms with Gasteiger partial charge in [-0.2, -0.15) is 0 Å². The molecule has 0 spiro atoms. The number of benzene rings is 2. The topological polar surface area (TPSA) is 20.7 Å². The Morgan fingerprint density at radius 3 is 2.52 bits per heavy atom. The van der Waals surface area contributed by atoms with Crippen LogP contribution in [0, 0.1) is 24.4 Å². The first-order chi connectivity index (χ1) is 9.95. The average Bonchev–Trinajstić information content (AvgIpc) is 2.71. The third kappa shape index (κ3) is 2.61. The number of aromatic amines is 1. The van der Waals surface area contributed by atoms with Crippen molar-refractivity contribution in [1.29, 1.82) is 0 Å². The van der Waals surface area contributed by atoms with Gasteiger partial charge >= 0.3 is 0 Å². The highest BCUT2D eigenvalue weighted by Gasteiger charge is 2.08. The molecule has 1 N–H and O–H groups in total. The summed E-state index contributed by atoms with van der Waals surface area (Å²) in [5, 5.41) is 0.666. The molecule has 2 nitrogen and oxygen atoms in total. The molecular weight excluding hydrogens is 307 g/mol. The summed E-state index contributed by atoms with van der Waals surface area (Å²) in [6, 6.07) is 9.35.